The summed E-state index contributed by atoms with van der Waals surface area (Å²) in [6, 6.07) is 11.2. The maximum absolute atomic E-state index is 13.8. The topological polar surface area (TPSA) is 12.0 Å². The second kappa shape index (κ2) is 7.16. The maximum Gasteiger partial charge on any atom is 0.137 e. The van der Waals surface area contributed by atoms with Crippen LogP contribution >= 0.6 is 47.8 Å². The lowest BCUT2D eigenvalue weighted by Crippen LogP contribution is -2.22. The first-order valence-electron chi connectivity index (χ1n) is 6.16. The lowest BCUT2D eigenvalue weighted by atomic mass is 9.98. The summed E-state index contributed by atoms with van der Waals surface area (Å²) in [6.07, 6.45) is 0. The number of halogens is 4. The van der Waals surface area contributed by atoms with Crippen molar-refractivity contribution < 1.29 is 4.39 Å². The molecule has 0 aliphatic carbocycles. The molecule has 20 heavy (non-hydrogen) atoms. The predicted octanol–water partition coefficient (Wildman–Crippen LogP) is 5.81. The van der Waals surface area contributed by atoms with Crippen LogP contribution < -0.4 is 5.32 Å². The summed E-state index contributed by atoms with van der Waals surface area (Å²) in [5.74, 6) is -0.253. The van der Waals surface area contributed by atoms with Crippen LogP contribution in [0.3, 0.4) is 0 Å². The Hall–Kier alpha value is -0.230. The summed E-state index contributed by atoms with van der Waals surface area (Å²) in [4.78, 5) is 0. The van der Waals surface area contributed by atoms with Crippen molar-refractivity contribution in [3.63, 3.8) is 0 Å². The number of hydrogen-bond acceptors (Lipinski definition) is 1. The van der Waals surface area contributed by atoms with Gasteiger partial charge in [0.2, 0.25) is 0 Å². The zero-order chi connectivity index (χ0) is 14.7. The van der Waals surface area contributed by atoms with E-state index in [4.69, 9.17) is 0 Å². The minimum absolute atomic E-state index is 0.0607. The standard InChI is InChI=1S/C15H13Br3FN/c1-2-20-15(9-3-5-13(18)14(19)7-9)11-8-10(16)4-6-12(11)17/h3-8,15,20H,2H2,1H3. The third-order valence-corrected chi connectivity index (χ3v) is 4.81. The van der Waals surface area contributed by atoms with Crippen molar-refractivity contribution in [3.05, 3.63) is 66.8 Å². The van der Waals surface area contributed by atoms with E-state index >= 15 is 0 Å². The van der Waals surface area contributed by atoms with Gasteiger partial charge < -0.3 is 5.32 Å². The van der Waals surface area contributed by atoms with Gasteiger partial charge in [-0.15, -0.1) is 0 Å². The van der Waals surface area contributed by atoms with Crippen molar-refractivity contribution in [2.24, 2.45) is 0 Å². The molecule has 1 nitrogen and oxygen atoms in total. The van der Waals surface area contributed by atoms with Crippen molar-refractivity contribution in [2.45, 2.75) is 13.0 Å². The third-order valence-electron chi connectivity index (χ3n) is 2.95. The van der Waals surface area contributed by atoms with Crippen molar-refractivity contribution in [2.75, 3.05) is 6.54 Å². The molecule has 2 aromatic rings. The van der Waals surface area contributed by atoms with E-state index in [1.807, 2.05) is 31.2 Å². The molecular weight excluding hydrogens is 453 g/mol. The highest BCUT2D eigenvalue weighted by atomic mass is 79.9. The predicted molar refractivity (Wildman–Crippen MR) is 91.5 cm³/mol. The fourth-order valence-corrected chi connectivity index (χ4v) is 3.14. The maximum atomic E-state index is 13.8. The quantitative estimate of drug-likeness (QED) is 0.600. The van der Waals surface area contributed by atoms with Crippen LogP contribution in [0.2, 0.25) is 0 Å². The summed E-state index contributed by atoms with van der Waals surface area (Å²) in [6.45, 7) is 2.83. The summed E-state index contributed by atoms with van der Waals surface area (Å²) in [5.41, 5.74) is 1.97. The van der Waals surface area contributed by atoms with Gasteiger partial charge in [0.25, 0.3) is 0 Å². The van der Waals surface area contributed by atoms with E-state index in [1.165, 1.54) is 0 Å². The molecule has 0 aromatic heterocycles. The highest BCUT2D eigenvalue weighted by Gasteiger charge is 2.17. The molecule has 2 aromatic carbocycles. The second-order valence-electron chi connectivity index (χ2n) is 4.33. The van der Waals surface area contributed by atoms with Gasteiger partial charge in [-0.2, -0.15) is 0 Å². The summed E-state index contributed by atoms with van der Waals surface area (Å²) in [5, 5.41) is 3.40. The average Bonchev–Trinajstić information content (AvgIpc) is 2.42. The van der Waals surface area contributed by atoms with E-state index in [9.17, 15) is 4.39 Å². The highest BCUT2D eigenvalue weighted by Crippen LogP contribution is 2.32. The monoisotopic (exact) mass is 463 g/mol. The molecule has 0 fully saturated rings. The Morgan fingerprint density at radius 1 is 1.05 bits per heavy atom. The van der Waals surface area contributed by atoms with Crippen LogP contribution in [0.5, 0.6) is 0 Å². The minimum atomic E-state index is -0.253. The number of nitrogens with one attached hydrogen (secondary N) is 1. The van der Waals surface area contributed by atoms with E-state index in [1.54, 1.807) is 12.1 Å². The summed E-state index contributed by atoms with van der Waals surface area (Å²) in [7, 11) is 0. The Bertz CT molecular complexity index is 616. The van der Waals surface area contributed by atoms with Gasteiger partial charge in [-0.25, -0.2) is 4.39 Å². The molecule has 0 spiro atoms. The smallest absolute Gasteiger partial charge is 0.137 e. The molecular formula is C15H13Br3FN. The number of rotatable bonds is 4. The van der Waals surface area contributed by atoms with Crippen molar-refractivity contribution in [1.29, 1.82) is 0 Å². The Morgan fingerprint density at radius 3 is 2.40 bits per heavy atom. The van der Waals surface area contributed by atoms with Gasteiger partial charge in [0.15, 0.2) is 0 Å². The minimum Gasteiger partial charge on any atom is -0.306 e. The fraction of sp³-hybridized carbons (Fsp3) is 0.200. The van der Waals surface area contributed by atoms with Crippen LogP contribution in [0.1, 0.15) is 24.1 Å². The van der Waals surface area contributed by atoms with Crippen LogP contribution in [0.25, 0.3) is 0 Å². The normalized spacial score (nSPS) is 12.4. The van der Waals surface area contributed by atoms with Gasteiger partial charge in [0.1, 0.15) is 5.82 Å². The molecule has 2 rings (SSSR count). The van der Waals surface area contributed by atoms with Crippen molar-refractivity contribution >= 4 is 47.8 Å². The molecule has 0 radical (unpaired) electrons. The van der Waals surface area contributed by atoms with Crippen molar-refractivity contribution in [1.82, 2.24) is 5.32 Å². The van der Waals surface area contributed by atoms with Gasteiger partial charge in [-0.05, 0) is 63.9 Å². The molecule has 1 N–H and O–H groups in total. The summed E-state index contributed by atoms with van der Waals surface area (Å²) < 4.78 is 16.2. The van der Waals surface area contributed by atoms with Gasteiger partial charge in [-0.3, -0.25) is 0 Å². The van der Waals surface area contributed by atoms with Crippen LogP contribution in [-0.4, -0.2) is 6.54 Å². The van der Waals surface area contributed by atoms with Crippen LogP contribution in [0.15, 0.2) is 49.8 Å². The first kappa shape index (κ1) is 16.1. The molecule has 1 atom stereocenters. The molecule has 1 unspecified atom stereocenters. The van der Waals surface area contributed by atoms with Gasteiger partial charge in [0, 0.05) is 8.95 Å². The molecule has 0 aliphatic heterocycles. The van der Waals surface area contributed by atoms with Crippen LogP contribution in [-0.2, 0) is 0 Å². The fourth-order valence-electron chi connectivity index (χ4n) is 2.04. The Labute approximate surface area is 143 Å². The molecule has 5 heteroatoms. The first-order valence-corrected chi connectivity index (χ1v) is 8.54. The molecule has 0 heterocycles. The average molecular weight is 466 g/mol. The SMILES string of the molecule is CCNC(c1ccc(Br)c(F)c1)c1cc(Br)ccc1Br. The molecule has 0 aliphatic rings. The Morgan fingerprint density at radius 2 is 1.75 bits per heavy atom. The molecule has 0 amide bonds. The van der Waals surface area contributed by atoms with E-state index < -0.39 is 0 Å². The van der Waals surface area contributed by atoms with Gasteiger partial charge in [0.05, 0.1) is 10.5 Å². The second-order valence-corrected chi connectivity index (χ2v) is 6.95. The Balaban J connectivity index is 2.49. The Kier molecular flexibility index (Phi) is 5.78. The van der Waals surface area contributed by atoms with Crippen LogP contribution in [0.4, 0.5) is 4.39 Å². The zero-order valence-corrected chi connectivity index (χ0v) is 15.5. The number of hydrogen-bond donors (Lipinski definition) is 1. The molecule has 106 valence electrons. The summed E-state index contributed by atoms with van der Waals surface area (Å²) >= 11 is 10.2. The zero-order valence-electron chi connectivity index (χ0n) is 10.8. The molecule has 0 saturated heterocycles. The van der Waals surface area contributed by atoms with Gasteiger partial charge in [-0.1, -0.05) is 44.8 Å². The van der Waals surface area contributed by atoms with E-state index in [0.29, 0.717) is 4.47 Å². The van der Waals surface area contributed by atoms with Crippen molar-refractivity contribution in [3.8, 4) is 0 Å². The molecule has 0 saturated carbocycles. The van der Waals surface area contributed by atoms with Gasteiger partial charge >= 0.3 is 0 Å². The number of benzene rings is 2. The lowest BCUT2D eigenvalue weighted by Gasteiger charge is -2.21. The molecule has 0 bridgehead atoms. The van der Waals surface area contributed by atoms with Crippen LogP contribution in [0, 0.1) is 5.82 Å². The lowest BCUT2D eigenvalue weighted by molar-refractivity contribution is 0.598. The third kappa shape index (κ3) is 3.70. The van der Waals surface area contributed by atoms with E-state index in [2.05, 4.69) is 53.1 Å². The first-order chi connectivity index (χ1) is 9.52. The largest absolute Gasteiger partial charge is 0.306 e. The highest BCUT2D eigenvalue weighted by molar-refractivity contribution is 9.11. The van der Waals surface area contributed by atoms with E-state index in [0.717, 1.165) is 26.6 Å². The van der Waals surface area contributed by atoms with E-state index in [-0.39, 0.29) is 11.9 Å².